The molecule has 1 saturated heterocycles. The van der Waals surface area contributed by atoms with E-state index in [0.717, 1.165) is 44.2 Å². The molecule has 1 heterocycles. The molecule has 2 fully saturated rings. The number of hydrogen-bond acceptors (Lipinski definition) is 4. The topological polar surface area (TPSA) is 78.7 Å². The molecule has 2 amide bonds. The van der Waals surface area contributed by atoms with E-state index in [-0.39, 0.29) is 35.8 Å². The minimum atomic E-state index is -0.472. The van der Waals surface area contributed by atoms with E-state index in [2.05, 4.69) is 22.3 Å². The van der Waals surface area contributed by atoms with Crippen LogP contribution in [-0.2, 0) is 22.6 Å². The third-order valence-electron chi connectivity index (χ3n) is 7.45. The van der Waals surface area contributed by atoms with E-state index in [1.165, 1.54) is 24.6 Å². The van der Waals surface area contributed by atoms with Crippen molar-refractivity contribution in [3.63, 3.8) is 0 Å². The molecular weight excluding hydrogens is 443 g/mol. The molecule has 4 rings (SSSR count). The molecule has 1 aliphatic carbocycles. The Morgan fingerprint density at radius 2 is 1.71 bits per heavy atom. The molecule has 7 heteroatoms. The van der Waals surface area contributed by atoms with Crippen molar-refractivity contribution in [2.75, 3.05) is 13.1 Å². The number of rotatable bonds is 8. The summed E-state index contributed by atoms with van der Waals surface area (Å²) in [4.78, 5) is 29.8. The molecule has 2 unspecified atom stereocenters. The standard InChI is InChI=1S/C28H37FN4O2/c1-20(34)33-19-26(17-27(33)28(35)31-25-13-11-24(30)12-14-25)32(16-15-21-5-3-2-4-6-21)18-22-7-9-23(29)10-8-22/h2-10,24-27H,11-19,30H2,1H3,(H,31,35). The normalized spacial score (nSPS) is 24.5. The molecule has 1 saturated carbocycles. The van der Waals surface area contributed by atoms with E-state index in [1.807, 2.05) is 18.2 Å². The van der Waals surface area contributed by atoms with E-state index in [4.69, 9.17) is 5.73 Å². The average Bonchev–Trinajstić information content (AvgIpc) is 3.31. The lowest BCUT2D eigenvalue weighted by Crippen LogP contribution is -2.49. The molecular formula is C28H37FN4O2. The Morgan fingerprint density at radius 1 is 1.03 bits per heavy atom. The maximum atomic E-state index is 13.5. The van der Waals surface area contributed by atoms with Gasteiger partial charge < -0.3 is 16.0 Å². The Bertz CT molecular complexity index is 976. The summed E-state index contributed by atoms with van der Waals surface area (Å²) in [7, 11) is 0. The SMILES string of the molecule is CC(=O)N1CC(N(CCc2ccccc2)Cc2ccc(F)cc2)CC1C(=O)NC1CCC(N)CC1. The largest absolute Gasteiger partial charge is 0.352 e. The van der Waals surface area contributed by atoms with E-state index < -0.39 is 6.04 Å². The van der Waals surface area contributed by atoms with Crippen molar-refractivity contribution in [1.29, 1.82) is 0 Å². The highest BCUT2D eigenvalue weighted by atomic mass is 19.1. The van der Waals surface area contributed by atoms with E-state index in [9.17, 15) is 14.0 Å². The third-order valence-corrected chi connectivity index (χ3v) is 7.45. The lowest BCUT2D eigenvalue weighted by atomic mass is 9.91. The van der Waals surface area contributed by atoms with Crippen molar-refractivity contribution < 1.29 is 14.0 Å². The zero-order valence-electron chi connectivity index (χ0n) is 20.5. The van der Waals surface area contributed by atoms with Crippen LogP contribution in [0.3, 0.4) is 0 Å². The van der Waals surface area contributed by atoms with Crippen molar-refractivity contribution in [2.24, 2.45) is 5.73 Å². The zero-order chi connectivity index (χ0) is 24.8. The van der Waals surface area contributed by atoms with E-state index >= 15 is 0 Å². The van der Waals surface area contributed by atoms with Crippen LogP contribution in [0.4, 0.5) is 4.39 Å². The number of hydrogen-bond donors (Lipinski definition) is 2. The molecule has 3 N–H and O–H groups in total. The van der Waals surface area contributed by atoms with Gasteiger partial charge in [0.05, 0.1) is 0 Å². The fourth-order valence-corrected chi connectivity index (χ4v) is 5.37. The molecule has 2 aromatic rings. The molecule has 0 spiro atoms. The first-order valence-electron chi connectivity index (χ1n) is 12.7. The fourth-order valence-electron chi connectivity index (χ4n) is 5.37. The Balaban J connectivity index is 1.47. The molecule has 6 nitrogen and oxygen atoms in total. The van der Waals surface area contributed by atoms with Gasteiger partial charge in [-0.05, 0) is 61.8 Å². The van der Waals surface area contributed by atoms with E-state index in [0.29, 0.717) is 19.5 Å². The van der Waals surface area contributed by atoms with Crippen LogP contribution in [0.2, 0.25) is 0 Å². The predicted octanol–water partition coefficient (Wildman–Crippen LogP) is 3.25. The molecule has 0 radical (unpaired) electrons. The van der Waals surface area contributed by atoms with Gasteiger partial charge in [-0.25, -0.2) is 4.39 Å². The highest BCUT2D eigenvalue weighted by Crippen LogP contribution is 2.26. The van der Waals surface area contributed by atoms with Crippen LogP contribution in [-0.4, -0.2) is 58.9 Å². The summed E-state index contributed by atoms with van der Waals surface area (Å²) in [5.74, 6) is -0.398. The predicted molar refractivity (Wildman–Crippen MR) is 135 cm³/mol. The Labute approximate surface area is 207 Å². The number of nitrogens with zero attached hydrogens (tertiary/aromatic N) is 2. The summed E-state index contributed by atoms with van der Waals surface area (Å²) in [6.45, 7) is 3.47. The monoisotopic (exact) mass is 480 g/mol. The molecule has 2 aliphatic rings. The molecule has 35 heavy (non-hydrogen) atoms. The quantitative estimate of drug-likeness (QED) is 0.608. The Kier molecular flexibility index (Phi) is 8.52. The Morgan fingerprint density at radius 3 is 2.37 bits per heavy atom. The van der Waals surface area contributed by atoms with Crippen LogP contribution in [0.15, 0.2) is 54.6 Å². The fraction of sp³-hybridized carbons (Fsp3) is 0.500. The smallest absolute Gasteiger partial charge is 0.243 e. The lowest BCUT2D eigenvalue weighted by molar-refractivity contribution is -0.137. The van der Waals surface area contributed by atoms with Gasteiger partial charge in [0.15, 0.2) is 0 Å². The highest BCUT2D eigenvalue weighted by molar-refractivity contribution is 5.87. The van der Waals surface area contributed by atoms with Gasteiger partial charge in [0.25, 0.3) is 0 Å². The highest BCUT2D eigenvalue weighted by Gasteiger charge is 2.41. The molecule has 2 atom stereocenters. The van der Waals surface area contributed by atoms with Crippen molar-refractivity contribution >= 4 is 11.8 Å². The summed E-state index contributed by atoms with van der Waals surface area (Å²) in [6, 6.07) is 16.8. The van der Waals surface area contributed by atoms with Gasteiger partial charge in [0.1, 0.15) is 11.9 Å². The van der Waals surface area contributed by atoms with Crippen LogP contribution >= 0.6 is 0 Å². The average molecular weight is 481 g/mol. The van der Waals surface area contributed by atoms with Crippen LogP contribution in [0.5, 0.6) is 0 Å². The van der Waals surface area contributed by atoms with Gasteiger partial charge in [-0.1, -0.05) is 42.5 Å². The van der Waals surface area contributed by atoms with Crippen molar-refractivity contribution in [3.8, 4) is 0 Å². The lowest BCUT2D eigenvalue weighted by Gasteiger charge is -2.29. The van der Waals surface area contributed by atoms with Crippen molar-refractivity contribution in [2.45, 2.75) is 76.2 Å². The maximum Gasteiger partial charge on any atom is 0.243 e. The number of amides is 2. The second-order valence-electron chi connectivity index (χ2n) is 10.0. The van der Waals surface area contributed by atoms with Crippen molar-refractivity contribution in [1.82, 2.24) is 15.1 Å². The minimum Gasteiger partial charge on any atom is -0.352 e. The number of halogens is 1. The molecule has 1 aliphatic heterocycles. The summed E-state index contributed by atoms with van der Waals surface area (Å²) in [6.07, 6.45) is 5.05. The van der Waals surface area contributed by atoms with Gasteiger partial charge in [0, 0.05) is 44.7 Å². The Hall–Kier alpha value is -2.77. The number of benzene rings is 2. The zero-order valence-corrected chi connectivity index (χ0v) is 20.5. The molecule has 0 aromatic heterocycles. The van der Waals surface area contributed by atoms with Gasteiger partial charge >= 0.3 is 0 Å². The molecule has 2 aromatic carbocycles. The second-order valence-corrected chi connectivity index (χ2v) is 10.0. The van der Waals surface area contributed by atoms with Gasteiger partial charge in [-0.3, -0.25) is 14.5 Å². The van der Waals surface area contributed by atoms with Crippen LogP contribution in [0.1, 0.15) is 50.2 Å². The molecule has 0 bridgehead atoms. The van der Waals surface area contributed by atoms with Crippen LogP contribution in [0.25, 0.3) is 0 Å². The summed E-state index contributed by atoms with van der Waals surface area (Å²) in [5, 5.41) is 3.19. The first kappa shape index (κ1) is 25.3. The van der Waals surface area contributed by atoms with Gasteiger partial charge in [0.2, 0.25) is 11.8 Å². The maximum absolute atomic E-state index is 13.5. The van der Waals surface area contributed by atoms with Crippen LogP contribution in [0, 0.1) is 5.82 Å². The van der Waals surface area contributed by atoms with E-state index in [1.54, 1.807) is 17.0 Å². The van der Waals surface area contributed by atoms with Crippen molar-refractivity contribution in [3.05, 3.63) is 71.5 Å². The third kappa shape index (κ3) is 6.89. The first-order valence-corrected chi connectivity index (χ1v) is 12.7. The summed E-state index contributed by atoms with van der Waals surface area (Å²) < 4.78 is 13.5. The second kappa shape index (κ2) is 11.8. The summed E-state index contributed by atoms with van der Waals surface area (Å²) >= 11 is 0. The number of nitrogens with two attached hydrogens (primary N) is 1. The van der Waals surface area contributed by atoms with Gasteiger partial charge in [-0.15, -0.1) is 0 Å². The summed E-state index contributed by atoms with van der Waals surface area (Å²) in [5.41, 5.74) is 8.27. The first-order chi connectivity index (χ1) is 16.9. The van der Waals surface area contributed by atoms with Gasteiger partial charge in [-0.2, -0.15) is 0 Å². The van der Waals surface area contributed by atoms with Crippen LogP contribution < -0.4 is 11.1 Å². The number of likely N-dealkylation sites (tertiary alicyclic amines) is 1. The minimum absolute atomic E-state index is 0.0446. The molecule has 188 valence electrons. The number of nitrogens with one attached hydrogen (secondary N) is 1. The number of carbonyl (C=O) groups excluding carboxylic acids is 2. The number of carbonyl (C=O) groups is 2.